The van der Waals surface area contributed by atoms with E-state index in [-0.39, 0.29) is 18.0 Å². The normalized spacial score (nSPS) is 14.8. The number of nitrogens with zero attached hydrogens (tertiary/aromatic N) is 2. The molecule has 25 heavy (non-hydrogen) atoms. The van der Waals surface area contributed by atoms with Crippen molar-refractivity contribution in [1.29, 1.82) is 0 Å². The van der Waals surface area contributed by atoms with Crippen molar-refractivity contribution >= 4 is 5.91 Å². The Hall–Kier alpha value is -2.72. The molecule has 2 heterocycles. The van der Waals surface area contributed by atoms with Gasteiger partial charge in [-0.1, -0.05) is 0 Å². The highest BCUT2D eigenvalue weighted by Gasteiger charge is 2.45. The topological polar surface area (TPSA) is 56.2 Å². The van der Waals surface area contributed by atoms with E-state index in [1.165, 1.54) is 10.00 Å². The summed E-state index contributed by atoms with van der Waals surface area (Å²) >= 11 is 0. The maximum absolute atomic E-state index is 13.7. The SMILES string of the molecule is O=C(NC(c1c(F)cc(F)cc1F)C(F)(F)F)c1cc2n(n1)CCO2. The first-order chi connectivity index (χ1) is 11.7. The van der Waals surface area contributed by atoms with Crippen molar-refractivity contribution in [2.24, 2.45) is 0 Å². The fourth-order valence-electron chi connectivity index (χ4n) is 2.38. The van der Waals surface area contributed by atoms with Crippen molar-refractivity contribution in [1.82, 2.24) is 15.1 Å². The Morgan fingerprint density at radius 2 is 1.84 bits per heavy atom. The number of carbonyl (C=O) groups is 1. The van der Waals surface area contributed by atoms with Crippen LogP contribution in [0.3, 0.4) is 0 Å². The second kappa shape index (κ2) is 5.97. The van der Waals surface area contributed by atoms with Crippen LogP contribution in [0.15, 0.2) is 18.2 Å². The number of rotatable bonds is 3. The van der Waals surface area contributed by atoms with Crippen LogP contribution in [-0.4, -0.2) is 28.5 Å². The monoisotopic (exact) mass is 365 g/mol. The molecule has 0 bridgehead atoms. The van der Waals surface area contributed by atoms with Gasteiger partial charge >= 0.3 is 6.18 Å². The number of nitrogens with one attached hydrogen (secondary N) is 1. The summed E-state index contributed by atoms with van der Waals surface area (Å²) in [5, 5.41) is 5.22. The van der Waals surface area contributed by atoms with E-state index in [0.29, 0.717) is 13.2 Å². The molecule has 1 atom stereocenters. The van der Waals surface area contributed by atoms with E-state index in [4.69, 9.17) is 4.74 Å². The number of fused-ring (bicyclic) bond motifs is 1. The fraction of sp³-hybridized carbons (Fsp3) is 0.286. The largest absolute Gasteiger partial charge is 0.476 e. The predicted molar refractivity (Wildman–Crippen MR) is 70.3 cm³/mol. The predicted octanol–water partition coefficient (Wildman–Crippen LogP) is 2.73. The van der Waals surface area contributed by atoms with Crippen LogP contribution in [0.4, 0.5) is 26.3 Å². The van der Waals surface area contributed by atoms with E-state index in [1.54, 1.807) is 0 Å². The van der Waals surface area contributed by atoms with E-state index in [2.05, 4.69) is 5.10 Å². The third kappa shape index (κ3) is 3.26. The molecule has 1 aliphatic heterocycles. The van der Waals surface area contributed by atoms with Crippen LogP contribution in [0.5, 0.6) is 5.88 Å². The Bertz CT molecular complexity index is 788. The van der Waals surface area contributed by atoms with E-state index in [1.807, 2.05) is 0 Å². The van der Waals surface area contributed by atoms with Crippen LogP contribution in [0.1, 0.15) is 22.1 Å². The Kier molecular flexibility index (Phi) is 4.09. The van der Waals surface area contributed by atoms with Gasteiger partial charge in [0, 0.05) is 18.2 Å². The number of hydrogen-bond acceptors (Lipinski definition) is 3. The number of benzene rings is 1. The summed E-state index contributed by atoms with van der Waals surface area (Å²) in [4.78, 5) is 12.0. The first-order valence-electron chi connectivity index (χ1n) is 6.89. The molecule has 0 spiro atoms. The molecule has 1 aliphatic rings. The number of ether oxygens (including phenoxy) is 1. The van der Waals surface area contributed by atoms with E-state index in [9.17, 15) is 31.1 Å². The molecule has 1 aromatic heterocycles. The summed E-state index contributed by atoms with van der Waals surface area (Å²) in [5.41, 5.74) is -1.92. The summed E-state index contributed by atoms with van der Waals surface area (Å²) in [6.45, 7) is 0.619. The van der Waals surface area contributed by atoms with E-state index in [0.717, 1.165) is 6.07 Å². The highest BCUT2D eigenvalue weighted by atomic mass is 19.4. The van der Waals surface area contributed by atoms with Gasteiger partial charge < -0.3 is 10.1 Å². The summed E-state index contributed by atoms with van der Waals surface area (Å²) in [7, 11) is 0. The fourth-order valence-corrected chi connectivity index (χ4v) is 2.38. The van der Waals surface area contributed by atoms with Crippen molar-refractivity contribution in [3.63, 3.8) is 0 Å². The van der Waals surface area contributed by atoms with Crippen molar-refractivity contribution in [2.45, 2.75) is 18.8 Å². The molecular formula is C14H9F6N3O2. The lowest BCUT2D eigenvalue weighted by Crippen LogP contribution is -2.39. The van der Waals surface area contributed by atoms with Crippen molar-refractivity contribution in [3.8, 4) is 5.88 Å². The van der Waals surface area contributed by atoms with Crippen molar-refractivity contribution in [3.05, 3.63) is 46.9 Å². The molecule has 0 saturated heterocycles. The Labute approximate surface area is 136 Å². The quantitative estimate of drug-likeness (QED) is 0.851. The lowest BCUT2D eigenvalue weighted by atomic mass is 10.0. The lowest BCUT2D eigenvalue weighted by molar-refractivity contribution is -0.156. The van der Waals surface area contributed by atoms with E-state index < -0.39 is 46.8 Å². The Morgan fingerprint density at radius 1 is 1.20 bits per heavy atom. The third-order valence-corrected chi connectivity index (χ3v) is 3.46. The molecule has 0 aliphatic carbocycles. The first-order valence-corrected chi connectivity index (χ1v) is 6.89. The summed E-state index contributed by atoms with van der Waals surface area (Å²) < 4.78 is 86.3. The summed E-state index contributed by atoms with van der Waals surface area (Å²) in [6, 6.07) is -1.71. The molecule has 1 amide bonds. The summed E-state index contributed by atoms with van der Waals surface area (Å²) in [6.07, 6.45) is -5.23. The first kappa shape index (κ1) is 17.1. The summed E-state index contributed by atoms with van der Waals surface area (Å²) in [5.74, 6) is -6.04. The maximum atomic E-state index is 13.7. The second-order valence-corrected chi connectivity index (χ2v) is 5.17. The molecule has 0 saturated carbocycles. The molecule has 11 heteroatoms. The van der Waals surface area contributed by atoms with Crippen molar-refractivity contribution in [2.75, 3.05) is 6.61 Å². The molecule has 1 aromatic carbocycles. The highest BCUT2D eigenvalue weighted by molar-refractivity contribution is 5.93. The molecule has 0 fully saturated rings. The van der Waals surface area contributed by atoms with Crippen LogP contribution >= 0.6 is 0 Å². The average molecular weight is 365 g/mol. The number of halogens is 6. The van der Waals surface area contributed by atoms with Crippen LogP contribution in [-0.2, 0) is 6.54 Å². The average Bonchev–Trinajstić information content (AvgIpc) is 3.04. The third-order valence-electron chi connectivity index (χ3n) is 3.46. The molecule has 0 radical (unpaired) electrons. The highest BCUT2D eigenvalue weighted by Crippen LogP contribution is 2.36. The lowest BCUT2D eigenvalue weighted by Gasteiger charge is -2.22. The minimum atomic E-state index is -5.23. The van der Waals surface area contributed by atoms with Crippen LogP contribution in [0.2, 0.25) is 0 Å². The van der Waals surface area contributed by atoms with Gasteiger partial charge in [-0.05, 0) is 0 Å². The minimum absolute atomic E-state index is 0.0995. The number of aromatic nitrogens is 2. The number of carbonyl (C=O) groups excluding carboxylic acids is 1. The van der Waals surface area contributed by atoms with E-state index >= 15 is 0 Å². The van der Waals surface area contributed by atoms with Gasteiger partial charge in [0.15, 0.2) is 11.7 Å². The molecule has 5 nitrogen and oxygen atoms in total. The molecular weight excluding hydrogens is 356 g/mol. The molecule has 1 N–H and O–H groups in total. The van der Waals surface area contributed by atoms with Gasteiger partial charge in [-0.25, -0.2) is 17.9 Å². The van der Waals surface area contributed by atoms with Gasteiger partial charge in [-0.2, -0.15) is 18.3 Å². The van der Waals surface area contributed by atoms with Gasteiger partial charge in [0.05, 0.1) is 12.1 Å². The van der Waals surface area contributed by atoms with Gasteiger partial charge in [-0.15, -0.1) is 0 Å². The van der Waals surface area contributed by atoms with Crippen LogP contribution in [0.25, 0.3) is 0 Å². The number of amides is 1. The zero-order chi connectivity index (χ0) is 18.4. The zero-order valence-electron chi connectivity index (χ0n) is 12.2. The standard InChI is InChI=1S/C14H9F6N3O2/c15-6-3-7(16)11(8(17)4-6)12(14(18,19)20)21-13(24)9-5-10-23(22-9)1-2-25-10/h3-5,12H,1-2H2,(H,21,24). The molecule has 3 rings (SSSR count). The number of alkyl halides is 3. The van der Waals surface area contributed by atoms with Gasteiger partial charge in [0.25, 0.3) is 5.91 Å². The second-order valence-electron chi connectivity index (χ2n) is 5.17. The van der Waals surface area contributed by atoms with Crippen molar-refractivity contribution < 1.29 is 35.9 Å². The zero-order valence-corrected chi connectivity index (χ0v) is 12.2. The maximum Gasteiger partial charge on any atom is 0.413 e. The minimum Gasteiger partial charge on any atom is -0.476 e. The Morgan fingerprint density at radius 3 is 2.40 bits per heavy atom. The molecule has 2 aromatic rings. The smallest absolute Gasteiger partial charge is 0.413 e. The Balaban J connectivity index is 1.93. The van der Waals surface area contributed by atoms with Crippen LogP contribution < -0.4 is 10.1 Å². The molecule has 134 valence electrons. The molecule has 1 unspecified atom stereocenters. The van der Waals surface area contributed by atoms with Gasteiger partial charge in [-0.3, -0.25) is 4.79 Å². The number of hydrogen-bond donors (Lipinski definition) is 1. The van der Waals surface area contributed by atoms with Gasteiger partial charge in [0.2, 0.25) is 5.88 Å². The van der Waals surface area contributed by atoms with Crippen LogP contribution in [0, 0.1) is 17.5 Å². The van der Waals surface area contributed by atoms with Gasteiger partial charge in [0.1, 0.15) is 24.1 Å².